The Morgan fingerprint density at radius 1 is 1.37 bits per heavy atom. The van der Waals surface area contributed by atoms with Crippen molar-refractivity contribution in [2.24, 2.45) is 0 Å². The summed E-state index contributed by atoms with van der Waals surface area (Å²) in [5, 5.41) is 7.97. The van der Waals surface area contributed by atoms with E-state index in [2.05, 4.69) is 10.2 Å². The molecule has 0 unspecified atom stereocenters. The Hall–Kier alpha value is -2.14. The van der Waals surface area contributed by atoms with Crippen LogP contribution in [0.25, 0.3) is 22.1 Å². The largest absolute Gasteiger partial charge is 0.493 e. The van der Waals surface area contributed by atoms with E-state index in [1.807, 2.05) is 13.0 Å². The third-order valence-electron chi connectivity index (χ3n) is 3.01. The summed E-state index contributed by atoms with van der Waals surface area (Å²) in [5.74, 6) is 1.85. The standard InChI is InChI=1S/C13H12ClN3O2/c1-6-3-8-11(14)7(9-5-16-17-13(9)15)4-10(18-2)12(8)19-6/h3-5H,1-2H3,(H3,15,16,17). The van der Waals surface area contributed by atoms with Crippen LogP contribution in [0.15, 0.2) is 22.7 Å². The number of fused-ring (bicyclic) bond motifs is 1. The molecule has 0 saturated heterocycles. The van der Waals surface area contributed by atoms with E-state index < -0.39 is 0 Å². The third kappa shape index (κ3) is 1.74. The number of aryl methyl sites for hydroxylation is 1. The number of aromatic nitrogens is 2. The molecule has 3 aromatic rings. The molecule has 0 fully saturated rings. The number of ether oxygens (including phenoxy) is 1. The molecule has 0 spiro atoms. The van der Waals surface area contributed by atoms with Crippen molar-refractivity contribution in [3.05, 3.63) is 29.1 Å². The van der Waals surface area contributed by atoms with Gasteiger partial charge >= 0.3 is 0 Å². The number of furan rings is 1. The first kappa shape index (κ1) is 11.9. The minimum atomic E-state index is 0.462. The fraction of sp³-hybridized carbons (Fsp3) is 0.154. The lowest BCUT2D eigenvalue weighted by Gasteiger charge is -2.08. The van der Waals surface area contributed by atoms with E-state index >= 15 is 0 Å². The Kier molecular flexibility index (Phi) is 2.64. The van der Waals surface area contributed by atoms with Gasteiger partial charge in [-0.25, -0.2) is 0 Å². The van der Waals surface area contributed by atoms with Crippen LogP contribution < -0.4 is 10.5 Å². The summed E-state index contributed by atoms with van der Waals surface area (Å²) in [6.45, 7) is 1.86. The summed E-state index contributed by atoms with van der Waals surface area (Å²) in [7, 11) is 1.59. The van der Waals surface area contributed by atoms with Crippen molar-refractivity contribution in [3.8, 4) is 16.9 Å². The number of nitrogens with one attached hydrogen (secondary N) is 1. The van der Waals surface area contributed by atoms with E-state index in [0.29, 0.717) is 22.2 Å². The molecule has 0 amide bonds. The Morgan fingerprint density at radius 3 is 2.79 bits per heavy atom. The maximum atomic E-state index is 6.43. The van der Waals surface area contributed by atoms with Gasteiger partial charge in [0.25, 0.3) is 0 Å². The van der Waals surface area contributed by atoms with Gasteiger partial charge in [0.15, 0.2) is 11.3 Å². The highest BCUT2D eigenvalue weighted by molar-refractivity contribution is 6.38. The molecule has 2 heterocycles. The van der Waals surface area contributed by atoms with Crippen molar-refractivity contribution >= 4 is 28.4 Å². The van der Waals surface area contributed by atoms with Crippen LogP contribution in [-0.2, 0) is 0 Å². The normalized spacial score (nSPS) is 11.1. The summed E-state index contributed by atoms with van der Waals surface area (Å²) in [5.41, 5.74) is 7.98. The molecule has 3 N–H and O–H groups in total. The minimum Gasteiger partial charge on any atom is -0.493 e. The maximum absolute atomic E-state index is 6.43. The highest BCUT2D eigenvalue weighted by atomic mass is 35.5. The number of benzene rings is 1. The van der Waals surface area contributed by atoms with Crippen LogP contribution in [0, 0.1) is 6.92 Å². The van der Waals surface area contributed by atoms with E-state index in [-0.39, 0.29) is 0 Å². The lowest BCUT2D eigenvalue weighted by molar-refractivity contribution is 0.409. The van der Waals surface area contributed by atoms with Crippen LogP contribution in [0.3, 0.4) is 0 Å². The average Bonchev–Trinajstić information content (AvgIpc) is 2.96. The molecule has 0 saturated carbocycles. The Labute approximate surface area is 114 Å². The summed E-state index contributed by atoms with van der Waals surface area (Å²) in [6.07, 6.45) is 1.63. The number of nitrogens with two attached hydrogens (primary N) is 1. The number of methoxy groups -OCH3 is 1. The zero-order valence-corrected chi connectivity index (χ0v) is 11.2. The van der Waals surface area contributed by atoms with Gasteiger partial charge in [-0.2, -0.15) is 5.10 Å². The molecule has 2 aromatic heterocycles. The second kappa shape index (κ2) is 4.20. The van der Waals surface area contributed by atoms with Gasteiger partial charge in [-0.1, -0.05) is 11.6 Å². The van der Waals surface area contributed by atoms with Gasteiger partial charge in [0.05, 0.1) is 18.3 Å². The topological polar surface area (TPSA) is 77.1 Å². The highest BCUT2D eigenvalue weighted by Gasteiger charge is 2.18. The number of anilines is 1. The summed E-state index contributed by atoms with van der Waals surface area (Å²) < 4.78 is 11.0. The molecule has 1 aromatic carbocycles. The molecule has 0 radical (unpaired) electrons. The Balaban J connectivity index is 2.37. The van der Waals surface area contributed by atoms with E-state index in [4.69, 9.17) is 26.5 Å². The number of H-pyrrole nitrogens is 1. The zero-order valence-electron chi connectivity index (χ0n) is 10.5. The van der Waals surface area contributed by atoms with Crippen LogP contribution in [0.2, 0.25) is 5.02 Å². The predicted octanol–water partition coefficient (Wildman–Crippen LogP) is 3.38. The van der Waals surface area contributed by atoms with Gasteiger partial charge in [-0.05, 0) is 19.1 Å². The number of halogens is 1. The van der Waals surface area contributed by atoms with E-state index in [9.17, 15) is 0 Å². The predicted molar refractivity (Wildman–Crippen MR) is 74.5 cm³/mol. The van der Waals surface area contributed by atoms with Gasteiger partial charge in [0.2, 0.25) is 0 Å². The van der Waals surface area contributed by atoms with Crippen molar-refractivity contribution in [3.63, 3.8) is 0 Å². The molecule has 19 heavy (non-hydrogen) atoms. The van der Waals surface area contributed by atoms with E-state index in [0.717, 1.165) is 22.3 Å². The van der Waals surface area contributed by atoms with Crippen molar-refractivity contribution in [2.75, 3.05) is 12.8 Å². The second-order valence-electron chi connectivity index (χ2n) is 4.24. The van der Waals surface area contributed by atoms with Crippen molar-refractivity contribution in [1.29, 1.82) is 0 Å². The SMILES string of the molecule is COc1cc(-c2cn[nH]c2N)c(Cl)c2cc(C)oc12. The molecule has 0 aliphatic carbocycles. The molecule has 98 valence electrons. The number of hydrogen-bond donors (Lipinski definition) is 2. The third-order valence-corrected chi connectivity index (χ3v) is 3.41. The van der Waals surface area contributed by atoms with Crippen molar-refractivity contribution in [1.82, 2.24) is 10.2 Å². The molecular weight excluding hydrogens is 266 g/mol. The van der Waals surface area contributed by atoms with Crippen LogP contribution in [-0.4, -0.2) is 17.3 Å². The molecule has 3 rings (SSSR count). The summed E-state index contributed by atoms with van der Waals surface area (Å²) in [6, 6.07) is 3.68. The van der Waals surface area contributed by atoms with Crippen molar-refractivity contribution in [2.45, 2.75) is 6.92 Å². The number of hydrogen-bond acceptors (Lipinski definition) is 4. The highest BCUT2D eigenvalue weighted by Crippen LogP contribution is 2.42. The number of nitrogens with zero attached hydrogens (tertiary/aromatic N) is 1. The molecule has 0 bridgehead atoms. The van der Waals surface area contributed by atoms with Gasteiger partial charge < -0.3 is 14.9 Å². The fourth-order valence-electron chi connectivity index (χ4n) is 2.12. The van der Waals surface area contributed by atoms with Gasteiger partial charge in [-0.3, -0.25) is 5.10 Å². The van der Waals surface area contributed by atoms with Gasteiger partial charge in [0, 0.05) is 16.5 Å². The number of nitrogen functional groups attached to an aromatic ring is 1. The van der Waals surface area contributed by atoms with Crippen LogP contribution in [0.5, 0.6) is 5.75 Å². The van der Waals surface area contributed by atoms with Gasteiger partial charge in [-0.15, -0.1) is 0 Å². The molecule has 0 aliphatic rings. The van der Waals surface area contributed by atoms with Crippen LogP contribution in [0.4, 0.5) is 5.82 Å². The smallest absolute Gasteiger partial charge is 0.177 e. The monoisotopic (exact) mass is 277 g/mol. The van der Waals surface area contributed by atoms with Crippen molar-refractivity contribution < 1.29 is 9.15 Å². The zero-order chi connectivity index (χ0) is 13.6. The lowest BCUT2D eigenvalue weighted by Crippen LogP contribution is -1.90. The maximum Gasteiger partial charge on any atom is 0.177 e. The van der Waals surface area contributed by atoms with E-state index in [1.54, 1.807) is 19.4 Å². The first-order valence-electron chi connectivity index (χ1n) is 5.67. The van der Waals surface area contributed by atoms with Crippen LogP contribution >= 0.6 is 11.6 Å². The fourth-order valence-corrected chi connectivity index (χ4v) is 2.42. The molecule has 5 nitrogen and oxygen atoms in total. The first-order chi connectivity index (χ1) is 9.11. The summed E-state index contributed by atoms with van der Waals surface area (Å²) >= 11 is 6.43. The Bertz CT molecular complexity index is 761. The quantitative estimate of drug-likeness (QED) is 0.753. The van der Waals surface area contributed by atoms with Gasteiger partial charge in [0.1, 0.15) is 11.6 Å². The molecule has 6 heteroatoms. The number of aromatic amines is 1. The average molecular weight is 278 g/mol. The minimum absolute atomic E-state index is 0.462. The van der Waals surface area contributed by atoms with Crippen LogP contribution in [0.1, 0.15) is 5.76 Å². The van der Waals surface area contributed by atoms with E-state index in [1.165, 1.54) is 0 Å². The summed E-state index contributed by atoms with van der Waals surface area (Å²) in [4.78, 5) is 0. The Morgan fingerprint density at radius 2 is 2.16 bits per heavy atom. The molecule has 0 aliphatic heterocycles. The first-order valence-corrected chi connectivity index (χ1v) is 6.05. The lowest BCUT2D eigenvalue weighted by atomic mass is 10.1. The number of rotatable bonds is 2. The molecule has 0 atom stereocenters. The molecular formula is C13H12ClN3O2. The second-order valence-corrected chi connectivity index (χ2v) is 4.62.